The van der Waals surface area contributed by atoms with Gasteiger partial charge in [-0.15, -0.1) is 11.8 Å². The number of ketones is 1. The molecule has 1 aromatic rings. The highest BCUT2D eigenvalue weighted by molar-refractivity contribution is 8.07. The summed E-state index contributed by atoms with van der Waals surface area (Å²) >= 11 is 10.1. The van der Waals surface area contributed by atoms with E-state index in [0.29, 0.717) is 16.7 Å². The maximum Gasteiger partial charge on any atom is 0.152 e. The molecule has 0 aliphatic carbocycles. The van der Waals surface area contributed by atoms with Crippen molar-refractivity contribution >= 4 is 40.9 Å². The fourth-order valence-corrected chi connectivity index (χ4v) is 5.51. The smallest absolute Gasteiger partial charge is 0.152 e. The molecular weight excluding hydrogens is 312 g/mol. The second kappa shape index (κ2) is 7.23. The third-order valence-electron chi connectivity index (χ3n) is 3.54. The molecule has 2 unspecified atom stereocenters. The molecule has 2 atom stereocenters. The van der Waals surface area contributed by atoms with Crippen LogP contribution < -0.4 is 0 Å². The van der Waals surface area contributed by atoms with Gasteiger partial charge in [0.25, 0.3) is 0 Å². The van der Waals surface area contributed by atoms with E-state index >= 15 is 0 Å². The van der Waals surface area contributed by atoms with E-state index in [4.69, 9.17) is 11.6 Å². The van der Waals surface area contributed by atoms with E-state index in [-0.39, 0.29) is 11.0 Å². The van der Waals surface area contributed by atoms with Gasteiger partial charge in [-0.1, -0.05) is 25.4 Å². The van der Waals surface area contributed by atoms with Crippen LogP contribution in [0.4, 0.5) is 0 Å². The Balaban J connectivity index is 2.16. The molecule has 1 aliphatic heterocycles. The van der Waals surface area contributed by atoms with Gasteiger partial charge in [0.15, 0.2) is 5.78 Å². The first kappa shape index (κ1) is 16.2. The zero-order valence-electron chi connectivity index (χ0n) is 12.2. The lowest BCUT2D eigenvalue weighted by Gasteiger charge is -2.26. The molecule has 2 rings (SSSR count). The van der Waals surface area contributed by atoms with Crippen LogP contribution in [0.15, 0.2) is 0 Å². The van der Waals surface area contributed by atoms with Crippen molar-refractivity contribution in [3.8, 4) is 0 Å². The van der Waals surface area contributed by atoms with E-state index in [1.165, 1.54) is 0 Å². The van der Waals surface area contributed by atoms with Crippen LogP contribution in [0.3, 0.4) is 0 Å². The van der Waals surface area contributed by atoms with Crippen molar-refractivity contribution in [2.75, 3.05) is 11.5 Å². The van der Waals surface area contributed by atoms with Crippen molar-refractivity contribution in [1.29, 1.82) is 0 Å². The van der Waals surface area contributed by atoms with Crippen LogP contribution >= 0.6 is 35.1 Å². The highest BCUT2D eigenvalue weighted by atomic mass is 35.5. The number of hydrogen-bond acceptors (Lipinski definition) is 4. The molecule has 1 saturated heterocycles. The quantitative estimate of drug-likeness (QED) is 0.827. The Morgan fingerprint density at radius 3 is 2.70 bits per heavy atom. The molecule has 0 amide bonds. The summed E-state index contributed by atoms with van der Waals surface area (Å²) in [5.41, 5.74) is 1.79. The number of hydrogen-bond donors (Lipinski definition) is 0. The first-order valence-electron chi connectivity index (χ1n) is 7.08. The molecule has 0 bridgehead atoms. The average molecular weight is 333 g/mol. The van der Waals surface area contributed by atoms with Gasteiger partial charge in [-0.3, -0.25) is 9.48 Å². The van der Waals surface area contributed by atoms with Crippen molar-refractivity contribution in [2.24, 2.45) is 0 Å². The van der Waals surface area contributed by atoms with E-state index < -0.39 is 0 Å². The van der Waals surface area contributed by atoms with Crippen LogP contribution in [0.25, 0.3) is 0 Å². The number of rotatable bonds is 5. The van der Waals surface area contributed by atoms with Gasteiger partial charge < -0.3 is 0 Å². The number of carbonyl (C=O) groups excluding carboxylic acids is 1. The van der Waals surface area contributed by atoms with Crippen LogP contribution in [0, 0.1) is 0 Å². The number of thioether (sulfide) groups is 2. The summed E-state index contributed by atoms with van der Waals surface area (Å²) in [6.45, 7) is 6.97. The Morgan fingerprint density at radius 2 is 2.10 bits per heavy atom. The van der Waals surface area contributed by atoms with E-state index in [2.05, 4.69) is 12.0 Å². The first-order valence-corrected chi connectivity index (χ1v) is 9.56. The Kier molecular flexibility index (Phi) is 5.87. The highest BCUT2D eigenvalue weighted by Gasteiger charge is 2.30. The summed E-state index contributed by atoms with van der Waals surface area (Å²) in [5.74, 6) is 2.49. The van der Waals surface area contributed by atoms with Crippen LogP contribution in [0.1, 0.15) is 32.2 Å². The lowest BCUT2D eigenvalue weighted by atomic mass is 10.1. The molecule has 0 saturated carbocycles. The van der Waals surface area contributed by atoms with Gasteiger partial charge in [-0.25, -0.2) is 0 Å². The zero-order chi connectivity index (χ0) is 14.7. The van der Waals surface area contributed by atoms with E-state index in [0.717, 1.165) is 35.9 Å². The van der Waals surface area contributed by atoms with Gasteiger partial charge in [-0.2, -0.15) is 16.9 Å². The Morgan fingerprint density at radius 1 is 1.40 bits per heavy atom. The van der Waals surface area contributed by atoms with E-state index in [1.807, 2.05) is 30.3 Å². The van der Waals surface area contributed by atoms with Crippen molar-refractivity contribution < 1.29 is 4.79 Å². The number of nitrogens with zero attached hydrogens (tertiary/aromatic N) is 2. The van der Waals surface area contributed by atoms with Gasteiger partial charge >= 0.3 is 0 Å². The molecule has 6 heteroatoms. The third kappa shape index (κ3) is 3.37. The van der Waals surface area contributed by atoms with Crippen molar-refractivity contribution in [3.05, 3.63) is 16.4 Å². The Labute approximate surface area is 134 Å². The topological polar surface area (TPSA) is 34.9 Å². The molecule has 0 N–H and O–H groups in total. The minimum Gasteiger partial charge on any atom is -0.298 e. The molecule has 2 heterocycles. The van der Waals surface area contributed by atoms with Gasteiger partial charge in [-0.05, 0) is 13.3 Å². The summed E-state index contributed by atoms with van der Waals surface area (Å²) in [5, 5.41) is 5.65. The number of Topliss-reactive ketones (excluding diaryl/α,β-unsaturated/α-hetero) is 1. The SMILES string of the molecule is CCc1nn(CC)c(CC(=O)C2SCCSC2C)c1Cl. The summed E-state index contributed by atoms with van der Waals surface area (Å²) in [6.07, 6.45) is 1.21. The summed E-state index contributed by atoms with van der Waals surface area (Å²) in [6, 6.07) is 0. The van der Waals surface area contributed by atoms with Crippen molar-refractivity contribution in [3.63, 3.8) is 0 Å². The standard InChI is InChI=1S/C14H21ClN2OS2/c1-4-10-13(15)11(17(5-2)16-10)8-12(18)14-9(3)19-6-7-20-14/h9,14H,4-8H2,1-3H3. The predicted molar refractivity (Wildman–Crippen MR) is 89.2 cm³/mol. The molecule has 3 nitrogen and oxygen atoms in total. The highest BCUT2D eigenvalue weighted by Crippen LogP contribution is 2.33. The zero-order valence-corrected chi connectivity index (χ0v) is 14.6. The third-order valence-corrected chi connectivity index (χ3v) is 7.12. The number of aromatic nitrogens is 2. The molecule has 20 heavy (non-hydrogen) atoms. The molecule has 1 fully saturated rings. The van der Waals surface area contributed by atoms with Crippen LogP contribution in [-0.4, -0.2) is 37.6 Å². The van der Waals surface area contributed by atoms with Crippen LogP contribution in [-0.2, 0) is 24.2 Å². The predicted octanol–water partition coefficient (Wildman–Crippen LogP) is 3.47. The largest absolute Gasteiger partial charge is 0.298 e. The first-order chi connectivity index (χ1) is 9.58. The second-order valence-corrected chi connectivity index (χ2v) is 8.00. The molecule has 0 spiro atoms. The molecule has 1 aromatic heterocycles. The Hall–Kier alpha value is -0.130. The van der Waals surface area contributed by atoms with E-state index in [1.54, 1.807) is 11.8 Å². The minimum absolute atomic E-state index is 0.0927. The molecule has 1 aliphatic rings. The number of carbonyl (C=O) groups is 1. The summed E-state index contributed by atoms with van der Waals surface area (Å²) < 4.78 is 1.88. The fourth-order valence-electron chi connectivity index (χ4n) is 2.44. The van der Waals surface area contributed by atoms with Gasteiger partial charge in [0.05, 0.1) is 28.1 Å². The summed E-state index contributed by atoms with van der Waals surface area (Å²) in [4.78, 5) is 12.6. The fraction of sp³-hybridized carbons (Fsp3) is 0.714. The van der Waals surface area contributed by atoms with Gasteiger partial charge in [0, 0.05) is 23.3 Å². The normalized spacial score (nSPS) is 23.0. The molecule has 0 aromatic carbocycles. The van der Waals surface area contributed by atoms with E-state index in [9.17, 15) is 4.79 Å². The molecule has 112 valence electrons. The number of halogens is 1. The number of aryl methyl sites for hydroxylation is 2. The maximum absolute atomic E-state index is 12.6. The molecular formula is C14H21ClN2OS2. The van der Waals surface area contributed by atoms with Gasteiger partial charge in [0.1, 0.15) is 0 Å². The van der Waals surface area contributed by atoms with Crippen LogP contribution in [0.5, 0.6) is 0 Å². The lowest BCUT2D eigenvalue weighted by molar-refractivity contribution is -0.118. The van der Waals surface area contributed by atoms with Crippen molar-refractivity contribution in [2.45, 2.75) is 50.7 Å². The van der Waals surface area contributed by atoms with Gasteiger partial charge in [0.2, 0.25) is 0 Å². The van der Waals surface area contributed by atoms with Crippen molar-refractivity contribution in [1.82, 2.24) is 9.78 Å². The second-order valence-electron chi connectivity index (χ2n) is 4.89. The molecule has 0 radical (unpaired) electrons. The summed E-state index contributed by atoms with van der Waals surface area (Å²) in [7, 11) is 0. The Bertz CT molecular complexity index is 490. The lowest BCUT2D eigenvalue weighted by Crippen LogP contribution is -2.32. The average Bonchev–Trinajstić information content (AvgIpc) is 2.75. The monoisotopic (exact) mass is 332 g/mol. The van der Waals surface area contributed by atoms with Crippen LogP contribution in [0.2, 0.25) is 5.02 Å². The minimum atomic E-state index is 0.0927. The maximum atomic E-state index is 12.6.